The van der Waals surface area contributed by atoms with Crippen LogP contribution < -0.4 is 4.72 Å². The van der Waals surface area contributed by atoms with E-state index in [0.29, 0.717) is 5.70 Å². The standard InChI is InChI=1S/C17H15N3O3S/c1-16-11-14(12-7-3-2-4-8-12)18-19-17(16,21)13-9-5-6-10-15(13)24(22,23)20-16/h2-11,20-21H,1H3/t16-,17-/m1/s1. The molecule has 0 spiro atoms. The van der Waals surface area contributed by atoms with Gasteiger partial charge in [0, 0.05) is 11.1 Å². The summed E-state index contributed by atoms with van der Waals surface area (Å²) >= 11 is 0. The summed E-state index contributed by atoms with van der Waals surface area (Å²) in [6, 6.07) is 15.6. The van der Waals surface area contributed by atoms with Gasteiger partial charge in [0.2, 0.25) is 15.7 Å². The van der Waals surface area contributed by atoms with E-state index in [9.17, 15) is 13.5 Å². The zero-order valence-corrected chi connectivity index (χ0v) is 13.7. The summed E-state index contributed by atoms with van der Waals surface area (Å²) < 4.78 is 27.7. The fourth-order valence-electron chi connectivity index (χ4n) is 3.14. The predicted octanol–water partition coefficient (Wildman–Crippen LogP) is 2.39. The first-order chi connectivity index (χ1) is 11.4. The summed E-state index contributed by atoms with van der Waals surface area (Å²) in [6.07, 6.45) is 1.61. The Morgan fingerprint density at radius 2 is 1.71 bits per heavy atom. The molecule has 0 unspecified atom stereocenters. The minimum absolute atomic E-state index is 0.0143. The van der Waals surface area contributed by atoms with Crippen LogP contribution in [0.2, 0.25) is 0 Å². The quantitative estimate of drug-likeness (QED) is 0.834. The summed E-state index contributed by atoms with van der Waals surface area (Å²) in [5.41, 5.74) is -1.62. The lowest BCUT2D eigenvalue weighted by Gasteiger charge is -2.45. The highest BCUT2D eigenvalue weighted by atomic mass is 32.2. The molecule has 7 heteroatoms. The van der Waals surface area contributed by atoms with E-state index in [2.05, 4.69) is 15.0 Å². The number of benzene rings is 2. The van der Waals surface area contributed by atoms with Crippen molar-refractivity contribution in [3.63, 3.8) is 0 Å². The zero-order chi connectivity index (χ0) is 17.0. The maximum atomic E-state index is 12.6. The van der Waals surface area contributed by atoms with Crippen LogP contribution in [0.1, 0.15) is 18.1 Å². The number of nitrogens with one attached hydrogen (secondary N) is 1. The van der Waals surface area contributed by atoms with Gasteiger partial charge in [-0.3, -0.25) is 0 Å². The third-order valence-corrected chi connectivity index (χ3v) is 6.05. The van der Waals surface area contributed by atoms with Gasteiger partial charge in [-0.15, -0.1) is 5.11 Å². The van der Waals surface area contributed by atoms with Gasteiger partial charge in [-0.1, -0.05) is 48.5 Å². The normalized spacial score (nSPS) is 30.2. The molecule has 2 heterocycles. The maximum absolute atomic E-state index is 12.6. The van der Waals surface area contributed by atoms with E-state index in [4.69, 9.17) is 0 Å². The SMILES string of the molecule is C[C@@]12C=C(c3ccccc3)N=N[C@@]1(O)c1ccccc1S(=O)(=O)N2. The van der Waals surface area contributed by atoms with Crippen molar-refractivity contribution in [2.75, 3.05) is 0 Å². The van der Waals surface area contributed by atoms with E-state index in [0.717, 1.165) is 5.56 Å². The van der Waals surface area contributed by atoms with Gasteiger partial charge in [0.05, 0.1) is 10.6 Å². The van der Waals surface area contributed by atoms with Crippen molar-refractivity contribution in [3.8, 4) is 0 Å². The van der Waals surface area contributed by atoms with E-state index >= 15 is 0 Å². The van der Waals surface area contributed by atoms with Crippen molar-refractivity contribution in [1.82, 2.24) is 4.72 Å². The van der Waals surface area contributed by atoms with Gasteiger partial charge in [-0.2, -0.15) is 9.84 Å². The molecule has 122 valence electrons. The molecule has 2 aromatic carbocycles. The Morgan fingerprint density at radius 3 is 2.46 bits per heavy atom. The molecule has 0 radical (unpaired) electrons. The number of nitrogens with zero attached hydrogens (tertiary/aromatic N) is 2. The minimum atomic E-state index is -3.77. The van der Waals surface area contributed by atoms with Crippen LogP contribution in [-0.2, 0) is 15.7 Å². The van der Waals surface area contributed by atoms with Crippen LogP contribution >= 0.6 is 0 Å². The van der Waals surface area contributed by atoms with Crippen LogP contribution in [0.15, 0.2) is 75.8 Å². The fraction of sp³-hybridized carbons (Fsp3) is 0.176. The molecule has 2 aromatic rings. The van der Waals surface area contributed by atoms with Crippen molar-refractivity contribution in [1.29, 1.82) is 0 Å². The lowest BCUT2D eigenvalue weighted by Crippen LogP contribution is -2.62. The predicted molar refractivity (Wildman–Crippen MR) is 88.3 cm³/mol. The Bertz CT molecular complexity index is 985. The summed E-state index contributed by atoms with van der Waals surface area (Å²) in [5, 5.41) is 19.4. The second-order valence-electron chi connectivity index (χ2n) is 6.07. The molecule has 0 bridgehead atoms. The van der Waals surface area contributed by atoms with Crippen molar-refractivity contribution in [2.24, 2.45) is 10.2 Å². The van der Waals surface area contributed by atoms with E-state index in [-0.39, 0.29) is 10.5 Å². The number of azo groups is 1. The second kappa shape index (κ2) is 4.83. The molecule has 0 saturated heterocycles. The van der Waals surface area contributed by atoms with Crippen LogP contribution in [0.25, 0.3) is 5.70 Å². The highest BCUT2D eigenvalue weighted by Gasteiger charge is 2.57. The van der Waals surface area contributed by atoms with Crippen molar-refractivity contribution < 1.29 is 13.5 Å². The van der Waals surface area contributed by atoms with Crippen molar-refractivity contribution in [3.05, 3.63) is 71.8 Å². The number of rotatable bonds is 1. The minimum Gasteiger partial charge on any atom is -0.362 e. The molecule has 6 nitrogen and oxygen atoms in total. The number of hydrogen-bond acceptors (Lipinski definition) is 5. The Kier molecular flexibility index (Phi) is 3.05. The molecule has 0 saturated carbocycles. The first kappa shape index (κ1) is 15.2. The van der Waals surface area contributed by atoms with Gasteiger partial charge in [0.1, 0.15) is 5.54 Å². The van der Waals surface area contributed by atoms with Crippen molar-refractivity contribution in [2.45, 2.75) is 23.1 Å². The number of fused-ring (bicyclic) bond motifs is 3. The largest absolute Gasteiger partial charge is 0.362 e. The molecule has 2 aliphatic heterocycles. The van der Waals surface area contributed by atoms with Gasteiger partial charge >= 0.3 is 0 Å². The summed E-state index contributed by atoms with van der Waals surface area (Å²) in [6.45, 7) is 1.60. The van der Waals surface area contributed by atoms with Gasteiger partial charge in [0.15, 0.2) is 0 Å². The molecular weight excluding hydrogens is 326 g/mol. The number of hydrogen-bond donors (Lipinski definition) is 2. The molecule has 0 fully saturated rings. The Balaban J connectivity index is 1.94. The lowest BCUT2D eigenvalue weighted by molar-refractivity contribution is -0.0281. The molecule has 0 aromatic heterocycles. The van der Waals surface area contributed by atoms with Gasteiger partial charge < -0.3 is 5.11 Å². The first-order valence-electron chi connectivity index (χ1n) is 7.43. The van der Waals surface area contributed by atoms with Crippen molar-refractivity contribution >= 4 is 15.7 Å². The first-order valence-corrected chi connectivity index (χ1v) is 8.91. The topological polar surface area (TPSA) is 91.1 Å². The van der Waals surface area contributed by atoms with E-state index in [1.165, 1.54) is 6.07 Å². The summed E-state index contributed by atoms with van der Waals surface area (Å²) in [4.78, 5) is 0.0143. The van der Waals surface area contributed by atoms with Crippen LogP contribution in [0.4, 0.5) is 0 Å². The van der Waals surface area contributed by atoms with E-state index < -0.39 is 21.3 Å². The third-order valence-electron chi connectivity index (χ3n) is 4.42. The molecule has 2 N–H and O–H groups in total. The average Bonchev–Trinajstić information content (AvgIpc) is 2.57. The molecular formula is C17H15N3O3S. The smallest absolute Gasteiger partial charge is 0.241 e. The Morgan fingerprint density at radius 1 is 1.04 bits per heavy atom. The van der Waals surface area contributed by atoms with Crippen LogP contribution in [0.3, 0.4) is 0 Å². The second-order valence-corrected chi connectivity index (χ2v) is 7.72. The highest BCUT2D eigenvalue weighted by molar-refractivity contribution is 7.89. The third kappa shape index (κ3) is 1.99. The number of sulfonamides is 1. The van der Waals surface area contributed by atoms with Gasteiger partial charge in [-0.25, -0.2) is 8.42 Å². The molecule has 4 rings (SSSR count). The van der Waals surface area contributed by atoms with Crippen LogP contribution in [-0.4, -0.2) is 19.1 Å². The van der Waals surface area contributed by atoms with Gasteiger partial charge in [-0.05, 0) is 19.1 Å². The van der Waals surface area contributed by atoms with E-state index in [1.807, 2.05) is 30.3 Å². The zero-order valence-electron chi connectivity index (χ0n) is 12.8. The highest BCUT2D eigenvalue weighted by Crippen LogP contribution is 2.47. The molecule has 2 aliphatic rings. The van der Waals surface area contributed by atoms with Crippen LogP contribution in [0, 0.1) is 0 Å². The average molecular weight is 341 g/mol. The Hall–Kier alpha value is -2.35. The van der Waals surface area contributed by atoms with Gasteiger partial charge in [0.25, 0.3) is 0 Å². The van der Waals surface area contributed by atoms with Crippen LogP contribution in [0.5, 0.6) is 0 Å². The number of aliphatic hydroxyl groups is 1. The Labute approximate surface area is 139 Å². The monoisotopic (exact) mass is 341 g/mol. The molecule has 24 heavy (non-hydrogen) atoms. The summed E-state index contributed by atoms with van der Waals surface area (Å²) in [7, 11) is -3.77. The molecule has 0 aliphatic carbocycles. The molecule has 0 amide bonds. The molecule has 2 atom stereocenters. The fourth-order valence-corrected chi connectivity index (χ4v) is 4.77. The lowest BCUT2D eigenvalue weighted by atomic mass is 9.82. The maximum Gasteiger partial charge on any atom is 0.241 e. The van der Waals surface area contributed by atoms with E-state index in [1.54, 1.807) is 31.2 Å². The summed E-state index contributed by atoms with van der Waals surface area (Å²) in [5.74, 6) is 0.